The molecule has 5 heteroatoms. The van der Waals surface area contributed by atoms with Crippen molar-refractivity contribution in [2.75, 3.05) is 33.4 Å². The van der Waals surface area contributed by atoms with Crippen LogP contribution in [0, 0.1) is 5.82 Å². The zero-order valence-electron chi connectivity index (χ0n) is 12.3. The van der Waals surface area contributed by atoms with Gasteiger partial charge in [0.25, 0.3) is 0 Å². The Balaban J connectivity index is 1.82. The summed E-state index contributed by atoms with van der Waals surface area (Å²) in [5.74, 6) is -0.279. The van der Waals surface area contributed by atoms with Gasteiger partial charge < -0.3 is 10.1 Å². The third kappa shape index (κ3) is 4.23. The molecule has 112 valence electrons. The third-order valence-electron chi connectivity index (χ3n) is 3.97. The number of nitrogens with zero attached hydrogens (tertiary/aromatic N) is 2. The first-order valence-corrected chi connectivity index (χ1v) is 7.27. The Kier molecular flexibility index (Phi) is 5.88. The van der Waals surface area contributed by atoms with Crippen molar-refractivity contribution in [2.45, 2.75) is 31.8 Å². The average molecular weight is 281 g/mol. The van der Waals surface area contributed by atoms with Crippen LogP contribution in [0.3, 0.4) is 0 Å². The molecular formula is C15H24FN3O. The van der Waals surface area contributed by atoms with Crippen LogP contribution in [0.4, 0.5) is 4.39 Å². The first-order chi connectivity index (χ1) is 9.70. The van der Waals surface area contributed by atoms with Gasteiger partial charge >= 0.3 is 0 Å². The predicted molar refractivity (Wildman–Crippen MR) is 77.1 cm³/mol. The number of nitrogens with one attached hydrogen (secondary N) is 1. The van der Waals surface area contributed by atoms with Crippen molar-refractivity contribution in [3.05, 3.63) is 29.8 Å². The number of halogens is 1. The molecule has 2 atom stereocenters. The van der Waals surface area contributed by atoms with E-state index in [1.54, 1.807) is 19.4 Å². The number of pyridine rings is 1. The van der Waals surface area contributed by atoms with E-state index in [-0.39, 0.29) is 11.9 Å². The highest BCUT2D eigenvalue weighted by atomic mass is 19.1. The second kappa shape index (κ2) is 7.67. The normalized spacial score (nSPS) is 21.2. The predicted octanol–water partition coefficient (Wildman–Crippen LogP) is 1.98. The van der Waals surface area contributed by atoms with Gasteiger partial charge in [-0.3, -0.25) is 9.88 Å². The molecular weight excluding hydrogens is 257 g/mol. The lowest BCUT2D eigenvalue weighted by Crippen LogP contribution is -2.40. The number of hydrogen-bond acceptors (Lipinski definition) is 4. The largest absolute Gasteiger partial charge is 0.383 e. The fourth-order valence-electron chi connectivity index (χ4n) is 2.72. The van der Waals surface area contributed by atoms with E-state index >= 15 is 0 Å². The third-order valence-corrected chi connectivity index (χ3v) is 3.97. The Morgan fingerprint density at radius 2 is 2.40 bits per heavy atom. The van der Waals surface area contributed by atoms with Crippen LogP contribution in [-0.4, -0.2) is 49.3 Å². The summed E-state index contributed by atoms with van der Waals surface area (Å²) in [6, 6.07) is 2.21. The van der Waals surface area contributed by atoms with Crippen LogP contribution in [0.2, 0.25) is 0 Å². The zero-order valence-corrected chi connectivity index (χ0v) is 12.3. The molecule has 1 aromatic heterocycles. The summed E-state index contributed by atoms with van der Waals surface area (Å²) < 4.78 is 18.3. The van der Waals surface area contributed by atoms with Gasteiger partial charge in [-0.2, -0.15) is 0 Å². The van der Waals surface area contributed by atoms with Crippen LogP contribution in [0.5, 0.6) is 0 Å². The molecule has 2 rings (SSSR count). The minimum atomic E-state index is -0.279. The van der Waals surface area contributed by atoms with Crippen molar-refractivity contribution in [1.82, 2.24) is 15.2 Å². The van der Waals surface area contributed by atoms with Crippen LogP contribution in [-0.2, 0) is 4.74 Å². The van der Waals surface area contributed by atoms with Gasteiger partial charge in [-0.05, 0) is 37.9 Å². The lowest BCUT2D eigenvalue weighted by atomic mass is 10.1. The van der Waals surface area contributed by atoms with Gasteiger partial charge in [0.15, 0.2) is 0 Å². The SMILES string of the molecule is COCCN1CCCC1CNC(C)c1cncc(F)c1. The van der Waals surface area contributed by atoms with Crippen molar-refractivity contribution in [2.24, 2.45) is 0 Å². The quantitative estimate of drug-likeness (QED) is 0.829. The van der Waals surface area contributed by atoms with E-state index in [2.05, 4.69) is 15.2 Å². The van der Waals surface area contributed by atoms with Gasteiger partial charge in [-0.1, -0.05) is 0 Å². The maximum Gasteiger partial charge on any atom is 0.141 e. The molecule has 20 heavy (non-hydrogen) atoms. The van der Waals surface area contributed by atoms with Crippen LogP contribution in [0.15, 0.2) is 18.5 Å². The Hall–Kier alpha value is -1.04. The monoisotopic (exact) mass is 281 g/mol. The van der Waals surface area contributed by atoms with Gasteiger partial charge in [-0.15, -0.1) is 0 Å². The zero-order chi connectivity index (χ0) is 14.4. The average Bonchev–Trinajstić information content (AvgIpc) is 2.90. The van der Waals surface area contributed by atoms with Gasteiger partial charge in [0.1, 0.15) is 5.82 Å². The van der Waals surface area contributed by atoms with Crippen molar-refractivity contribution in [3.63, 3.8) is 0 Å². The van der Waals surface area contributed by atoms with E-state index in [1.165, 1.54) is 19.0 Å². The van der Waals surface area contributed by atoms with Gasteiger partial charge in [0.05, 0.1) is 12.8 Å². The van der Waals surface area contributed by atoms with Crippen molar-refractivity contribution in [1.29, 1.82) is 0 Å². The van der Waals surface area contributed by atoms with E-state index in [1.807, 2.05) is 6.92 Å². The summed E-state index contributed by atoms with van der Waals surface area (Å²) in [5.41, 5.74) is 0.895. The number of ether oxygens (including phenoxy) is 1. The first-order valence-electron chi connectivity index (χ1n) is 7.27. The van der Waals surface area contributed by atoms with E-state index in [0.717, 1.165) is 31.8 Å². The van der Waals surface area contributed by atoms with Crippen LogP contribution in [0.1, 0.15) is 31.4 Å². The standard InChI is InChI=1S/C15H24FN3O/c1-12(13-8-14(16)10-17-9-13)18-11-15-4-3-5-19(15)6-7-20-2/h8-10,12,15,18H,3-7,11H2,1-2H3. The highest BCUT2D eigenvalue weighted by molar-refractivity contribution is 5.14. The lowest BCUT2D eigenvalue weighted by Gasteiger charge is -2.26. The van der Waals surface area contributed by atoms with Gasteiger partial charge in [0, 0.05) is 38.5 Å². The van der Waals surface area contributed by atoms with Crippen LogP contribution >= 0.6 is 0 Å². The number of rotatable bonds is 7. The highest BCUT2D eigenvalue weighted by Crippen LogP contribution is 2.18. The summed E-state index contributed by atoms with van der Waals surface area (Å²) in [4.78, 5) is 6.36. The minimum Gasteiger partial charge on any atom is -0.383 e. The molecule has 0 saturated carbocycles. The van der Waals surface area contributed by atoms with Crippen molar-refractivity contribution < 1.29 is 9.13 Å². The van der Waals surface area contributed by atoms with Gasteiger partial charge in [0.2, 0.25) is 0 Å². The molecule has 1 saturated heterocycles. The molecule has 0 radical (unpaired) electrons. The Morgan fingerprint density at radius 3 is 3.15 bits per heavy atom. The highest BCUT2D eigenvalue weighted by Gasteiger charge is 2.24. The molecule has 0 spiro atoms. The number of methoxy groups -OCH3 is 1. The topological polar surface area (TPSA) is 37.4 Å². The maximum atomic E-state index is 13.2. The Labute approximate surface area is 120 Å². The molecule has 0 amide bonds. The molecule has 0 bridgehead atoms. The summed E-state index contributed by atoms with van der Waals surface area (Å²) in [6.45, 7) is 5.87. The second-order valence-corrected chi connectivity index (χ2v) is 5.39. The molecule has 0 aliphatic carbocycles. The van der Waals surface area contributed by atoms with E-state index in [9.17, 15) is 4.39 Å². The van der Waals surface area contributed by atoms with E-state index < -0.39 is 0 Å². The lowest BCUT2D eigenvalue weighted by molar-refractivity contribution is 0.139. The van der Waals surface area contributed by atoms with Gasteiger partial charge in [-0.25, -0.2) is 4.39 Å². The molecule has 1 fully saturated rings. The summed E-state index contributed by atoms with van der Waals surface area (Å²) in [6.07, 6.45) is 5.41. The Bertz CT molecular complexity index is 416. The van der Waals surface area contributed by atoms with Crippen LogP contribution < -0.4 is 5.32 Å². The van der Waals surface area contributed by atoms with E-state index in [4.69, 9.17) is 4.74 Å². The second-order valence-electron chi connectivity index (χ2n) is 5.39. The van der Waals surface area contributed by atoms with E-state index in [0.29, 0.717) is 6.04 Å². The first kappa shape index (κ1) is 15.4. The molecule has 1 aliphatic heterocycles. The minimum absolute atomic E-state index is 0.114. The van der Waals surface area contributed by atoms with Crippen molar-refractivity contribution >= 4 is 0 Å². The number of hydrogen-bond donors (Lipinski definition) is 1. The number of likely N-dealkylation sites (tertiary alicyclic amines) is 1. The summed E-state index contributed by atoms with van der Waals surface area (Å²) >= 11 is 0. The summed E-state index contributed by atoms with van der Waals surface area (Å²) in [5, 5.41) is 3.49. The maximum absolute atomic E-state index is 13.2. The number of aromatic nitrogens is 1. The fraction of sp³-hybridized carbons (Fsp3) is 0.667. The van der Waals surface area contributed by atoms with Crippen LogP contribution in [0.25, 0.3) is 0 Å². The molecule has 0 aromatic carbocycles. The Morgan fingerprint density at radius 1 is 1.55 bits per heavy atom. The molecule has 2 heterocycles. The molecule has 4 nitrogen and oxygen atoms in total. The molecule has 1 N–H and O–H groups in total. The summed E-state index contributed by atoms with van der Waals surface area (Å²) in [7, 11) is 1.74. The molecule has 1 aromatic rings. The molecule has 1 aliphatic rings. The smallest absolute Gasteiger partial charge is 0.141 e. The fourth-order valence-corrected chi connectivity index (χ4v) is 2.72. The molecule has 2 unspecified atom stereocenters. The van der Waals surface area contributed by atoms with Crippen molar-refractivity contribution in [3.8, 4) is 0 Å².